The van der Waals surface area contributed by atoms with Gasteiger partial charge in [-0.2, -0.15) is 4.98 Å². The van der Waals surface area contributed by atoms with Crippen molar-refractivity contribution >= 4 is 17.1 Å². The molecule has 0 fully saturated rings. The normalized spacial score (nSPS) is 11.0. The molecule has 0 saturated heterocycles. The maximum Gasteiger partial charge on any atom is 0.237 e. The van der Waals surface area contributed by atoms with Crippen molar-refractivity contribution in [2.75, 3.05) is 6.54 Å². The first kappa shape index (κ1) is 14.2. The Kier molecular flexibility index (Phi) is 3.82. The predicted molar refractivity (Wildman–Crippen MR) is 80.5 cm³/mol. The topological polar surface area (TPSA) is 90.5 Å². The number of carbonyl (C=O) groups is 1. The van der Waals surface area contributed by atoms with Crippen molar-refractivity contribution in [3.8, 4) is 5.95 Å². The number of fused-ring (bicyclic) bond motifs is 1. The second-order valence-corrected chi connectivity index (χ2v) is 4.89. The smallest absolute Gasteiger partial charge is 0.237 e. The molecule has 0 unspecified atom stereocenters. The van der Waals surface area contributed by atoms with Crippen LogP contribution in [0.5, 0.6) is 0 Å². The van der Waals surface area contributed by atoms with E-state index >= 15 is 0 Å². The molecule has 8 heteroatoms. The first-order valence-corrected chi connectivity index (χ1v) is 7.13. The first-order chi connectivity index (χ1) is 10.7. The molecule has 3 heterocycles. The van der Waals surface area contributed by atoms with E-state index < -0.39 is 0 Å². The van der Waals surface area contributed by atoms with Crippen LogP contribution in [-0.2, 0) is 17.8 Å². The quantitative estimate of drug-likeness (QED) is 0.749. The summed E-state index contributed by atoms with van der Waals surface area (Å²) in [7, 11) is 0. The van der Waals surface area contributed by atoms with Crippen LogP contribution in [0.2, 0.25) is 0 Å². The van der Waals surface area contributed by atoms with Gasteiger partial charge < -0.3 is 9.88 Å². The van der Waals surface area contributed by atoms with Crippen molar-refractivity contribution in [2.24, 2.45) is 0 Å². The van der Waals surface area contributed by atoms with E-state index in [1.807, 2.05) is 11.5 Å². The monoisotopic (exact) mass is 299 g/mol. The molecule has 0 radical (unpaired) electrons. The molecule has 1 N–H and O–H groups in total. The van der Waals surface area contributed by atoms with Crippen molar-refractivity contribution in [3.05, 3.63) is 30.7 Å². The summed E-state index contributed by atoms with van der Waals surface area (Å²) in [6.07, 6.45) is 7.66. The average molecular weight is 299 g/mol. The summed E-state index contributed by atoms with van der Waals surface area (Å²) >= 11 is 0. The van der Waals surface area contributed by atoms with Gasteiger partial charge in [-0.25, -0.2) is 15.0 Å². The highest BCUT2D eigenvalue weighted by Crippen LogP contribution is 2.16. The molecule has 114 valence electrons. The van der Waals surface area contributed by atoms with E-state index in [2.05, 4.69) is 25.3 Å². The highest BCUT2D eigenvalue weighted by atomic mass is 16.1. The van der Waals surface area contributed by atoms with Crippen LogP contribution in [0.25, 0.3) is 17.1 Å². The van der Waals surface area contributed by atoms with Gasteiger partial charge >= 0.3 is 0 Å². The molecule has 0 aliphatic carbocycles. The number of aryl methyl sites for hydroxylation is 1. The molecule has 3 aromatic rings. The second-order valence-electron chi connectivity index (χ2n) is 4.89. The van der Waals surface area contributed by atoms with Crippen LogP contribution in [-0.4, -0.2) is 41.5 Å². The summed E-state index contributed by atoms with van der Waals surface area (Å²) < 4.78 is 3.69. The molecule has 0 bridgehead atoms. The van der Waals surface area contributed by atoms with Gasteiger partial charge in [0, 0.05) is 32.4 Å². The number of nitrogens with zero attached hydrogens (tertiary/aromatic N) is 6. The fourth-order valence-corrected chi connectivity index (χ4v) is 2.25. The zero-order valence-electron chi connectivity index (χ0n) is 12.5. The Morgan fingerprint density at radius 1 is 1.32 bits per heavy atom. The third-order valence-electron chi connectivity index (χ3n) is 3.32. The van der Waals surface area contributed by atoms with Crippen molar-refractivity contribution in [1.82, 2.24) is 34.4 Å². The zero-order valence-corrected chi connectivity index (χ0v) is 12.5. The standard InChI is InChI=1S/C14H17N7O/c1-3-11-12-13(19-14(18-11)21-6-4-15-8-21)20(9-17-12)7-5-16-10(2)22/h4,6,8-9H,3,5,7H2,1-2H3,(H,16,22). The molecular formula is C14H17N7O. The van der Waals surface area contributed by atoms with Gasteiger partial charge in [0.1, 0.15) is 11.8 Å². The Morgan fingerprint density at radius 3 is 2.86 bits per heavy atom. The largest absolute Gasteiger partial charge is 0.355 e. The van der Waals surface area contributed by atoms with Gasteiger partial charge in [-0.3, -0.25) is 9.36 Å². The molecule has 3 rings (SSSR count). The molecule has 0 atom stereocenters. The summed E-state index contributed by atoms with van der Waals surface area (Å²) in [6, 6.07) is 0. The maximum atomic E-state index is 11.0. The molecule has 3 aromatic heterocycles. The summed E-state index contributed by atoms with van der Waals surface area (Å²) in [5, 5.41) is 2.77. The number of carbonyl (C=O) groups excluding carboxylic acids is 1. The number of hydrogen-bond donors (Lipinski definition) is 1. The van der Waals surface area contributed by atoms with Gasteiger partial charge in [-0.05, 0) is 6.42 Å². The second kappa shape index (κ2) is 5.92. The highest BCUT2D eigenvalue weighted by Gasteiger charge is 2.13. The SMILES string of the molecule is CCc1nc(-n2ccnc2)nc2c1ncn2CCNC(C)=O. The lowest BCUT2D eigenvalue weighted by Crippen LogP contribution is -2.24. The van der Waals surface area contributed by atoms with E-state index in [0.717, 1.165) is 23.3 Å². The third-order valence-corrected chi connectivity index (χ3v) is 3.32. The number of aromatic nitrogens is 6. The van der Waals surface area contributed by atoms with Gasteiger partial charge in [0.15, 0.2) is 5.65 Å². The molecule has 0 saturated carbocycles. The summed E-state index contributed by atoms with van der Waals surface area (Å²) in [5.74, 6) is 0.524. The van der Waals surface area contributed by atoms with Crippen LogP contribution in [0.4, 0.5) is 0 Å². The molecule has 0 aromatic carbocycles. The minimum absolute atomic E-state index is 0.0487. The maximum absolute atomic E-state index is 11.0. The lowest BCUT2D eigenvalue weighted by molar-refractivity contribution is -0.118. The number of hydrogen-bond acceptors (Lipinski definition) is 5. The first-order valence-electron chi connectivity index (χ1n) is 7.13. The van der Waals surface area contributed by atoms with E-state index in [-0.39, 0.29) is 5.91 Å². The lowest BCUT2D eigenvalue weighted by atomic mass is 10.3. The molecule has 22 heavy (non-hydrogen) atoms. The van der Waals surface area contributed by atoms with E-state index in [1.54, 1.807) is 29.6 Å². The molecule has 1 amide bonds. The van der Waals surface area contributed by atoms with E-state index in [4.69, 9.17) is 0 Å². The van der Waals surface area contributed by atoms with Crippen LogP contribution in [0.15, 0.2) is 25.0 Å². The summed E-state index contributed by atoms with van der Waals surface area (Å²) in [5.41, 5.74) is 2.46. The van der Waals surface area contributed by atoms with Crippen LogP contribution >= 0.6 is 0 Å². The molecule has 8 nitrogen and oxygen atoms in total. The van der Waals surface area contributed by atoms with Crippen molar-refractivity contribution in [1.29, 1.82) is 0 Å². The van der Waals surface area contributed by atoms with E-state index in [0.29, 0.717) is 19.0 Å². The van der Waals surface area contributed by atoms with Crippen LogP contribution in [0, 0.1) is 0 Å². The molecule has 0 aliphatic rings. The Hall–Kier alpha value is -2.77. The van der Waals surface area contributed by atoms with Crippen LogP contribution in [0.3, 0.4) is 0 Å². The molecule has 0 spiro atoms. The number of amides is 1. The van der Waals surface area contributed by atoms with Gasteiger partial charge in [0.2, 0.25) is 11.9 Å². The highest BCUT2D eigenvalue weighted by molar-refractivity contribution is 5.74. The third kappa shape index (κ3) is 2.67. The molecular weight excluding hydrogens is 282 g/mol. The fraction of sp³-hybridized carbons (Fsp3) is 0.357. The lowest BCUT2D eigenvalue weighted by Gasteiger charge is -2.07. The molecule has 0 aliphatic heterocycles. The number of imidazole rings is 2. The Labute approximate surface area is 127 Å². The van der Waals surface area contributed by atoms with Gasteiger partial charge in [-0.15, -0.1) is 0 Å². The average Bonchev–Trinajstić information content (AvgIpc) is 3.15. The zero-order chi connectivity index (χ0) is 15.5. The van der Waals surface area contributed by atoms with Crippen molar-refractivity contribution in [2.45, 2.75) is 26.8 Å². The van der Waals surface area contributed by atoms with Gasteiger partial charge in [0.25, 0.3) is 0 Å². The van der Waals surface area contributed by atoms with Crippen LogP contribution in [0.1, 0.15) is 19.5 Å². The van der Waals surface area contributed by atoms with Crippen LogP contribution < -0.4 is 5.32 Å². The summed E-state index contributed by atoms with van der Waals surface area (Å²) in [4.78, 5) is 28.5. The fourth-order valence-electron chi connectivity index (χ4n) is 2.25. The van der Waals surface area contributed by atoms with Crippen molar-refractivity contribution < 1.29 is 4.79 Å². The Balaban J connectivity index is 2.00. The predicted octanol–water partition coefficient (Wildman–Crippen LogP) is 0.710. The minimum atomic E-state index is -0.0487. The number of nitrogens with one attached hydrogen (secondary N) is 1. The van der Waals surface area contributed by atoms with E-state index in [1.165, 1.54) is 6.92 Å². The van der Waals surface area contributed by atoms with Gasteiger partial charge in [0.05, 0.1) is 12.0 Å². The summed E-state index contributed by atoms with van der Waals surface area (Å²) in [6.45, 7) is 4.68. The van der Waals surface area contributed by atoms with E-state index in [9.17, 15) is 4.79 Å². The van der Waals surface area contributed by atoms with Gasteiger partial charge in [-0.1, -0.05) is 6.92 Å². The number of rotatable bonds is 5. The Bertz CT molecular complexity index is 791. The minimum Gasteiger partial charge on any atom is -0.355 e. The van der Waals surface area contributed by atoms with Crippen molar-refractivity contribution in [3.63, 3.8) is 0 Å². The Morgan fingerprint density at radius 2 is 2.18 bits per heavy atom.